The molecule has 8 unspecified atom stereocenters. The van der Waals surface area contributed by atoms with Gasteiger partial charge in [-0.1, -0.05) is 241 Å². The molecule has 72 heavy (non-hydrogen) atoms. The van der Waals surface area contributed by atoms with E-state index in [9.17, 15) is 35.1 Å². The van der Waals surface area contributed by atoms with Gasteiger partial charge in [-0.3, -0.25) is 9.59 Å². The molecule has 11 heteroatoms. The lowest BCUT2D eigenvalue weighted by Gasteiger charge is -2.41. The smallest absolute Gasteiger partial charge is 0.306 e. The third-order valence-corrected chi connectivity index (χ3v) is 13.1. The molecule has 11 nitrogen and oxygen atoms in total. The summed E-state index contributed by atoms with van der Waals surface area (Å²) in [6.45, 7) is 5.61. The van der Waals surface area contributed by atoms with Crippen LogP contribution in [0.15, 0.2) is 85.1 Å². The highest BCUT2D eigenvalue weighted by molar-refractivity contribution is 5.80. The van der Waals surface area contributed by atoms with E-state index in [2.05, 4.69) is 86.8 Å². The van der Waals surface area contributed by atoms with Crippen LogP contribution in [0.5, 0.6) is 0 Å². The third-order valence-electron chi connectivity index (χ3n) is 13.1. The molecule has 1 amide bonds. The second-order valence-corrected chi connectivity index (χ2v) is 19.6. The zero-order valence-electron chi connectivity index (χ0n) is 45.5. The van der Waals surface area contributed by atoms with Gasteiger partial charge in [0.1, 0.15) is 24.4 Å². The Hall–Kier alpha value is -3.16. The van der Waals surface area contributed by atoms with Crippen molar-refractivity contribution in [3.63, 3.8) is 0 Å². The minimum Gasteiger partial charge on any atom is -0.454 e. The Kier molecular flexibility index (Phi) is 45.3. The number of rotatable bonds is 47. The number of amides is 1. The van der Waals surface area contributed by atoms with Gasteiger partial charge in [-0.25, -0.2) is 0 Å². The van der Waals surface area contributed by atoms with Crippen LogP contribution in [0.1, 0.15) is 226 Å². The van der Waals surface area contributed by atoms with Gasteiger partial charge >= 0.3 is 5.97 Å². The number of hydrogen-bond donors (Lipinski definition) is 6. The minimum absolute atomic E-state index is 0.00404. The molecule has 0 saturated carbocycles. The summed E-state index contributed by atoms with van der Waals surface area (Å²) in [6.07, 6.45) is 52.1. The number of carbonyl (C=O) groups excluding carboxylic acids is 2. The van der Waals surface area contributed by atoms with Crippen molar-refractivity contribution in [1.29, 1.82) is 0 Å². The molecule has 1 rings (SSSR count). The number of esters is 1. The molecule has 0 bridgehead atoms. The van der Waals surface area contributed by atoms with Gasteiger partial charge in [-0.15, -0.1) is 0 Å². The molecule has 1 fully saturated rings. The van der Waals surface area contributed by atoms with E-state index < -0.39 is 67.4 Å². The first-order chi connectivity index (χ1) is 35.2. The Balaban J connectivity index is 2.76. The van der Waals surface area contributed by atoms with Crippen LogP contribution in [-0.2, 0) is 23.8 Å². The molecule has 1 aliphatic rings. The average molecular weight is 1010 g/mol. The van der Waals surface area contributed by atoms with Crippen molar-refractivity contribution in [2.75, 3.05) is 13.2 Å². The van der Waals surface area contributed by atoms with E-state index in [1.54, 1.807) is 6.08 Å². The van der Waals surface area contributed by atoms with Gasteiger partial charge in [-0.05, 0) is 64.2 Å². The summed E-state index contributed by atoms with van der Waals surface area (Å²) in [6, 6.07) is -1.04. The average Bonchev–Trinajstić information content (AvgIpc) is 3.38. The number of hydrogen-bond acceptors (Lipinski definition) is 10. The molecule has 0 aromatic heterocycles. The summed E-state index contributed by atoms with van der Waals surface area (Å²) < 4.78 is 17.5. The Morgan fingerprint density at radius 3 is 1.47 bits per heavy atom. The largest absolute Gasteiger partial charge is 0.454 e. The highest BCUT2D eigenvalue weighted by atomic mass is 16.7. The van der Waals surface area contributed by atoms with E-state index in [0.29, 0.717) is 19.3 Å². The first-order valence-electron chi connectivity index (χ1n) is 28.9. The summed E-state index contributed by atoms with van der Waals surface area (Å²) in [4.78, 5) is 26.4. The number of carbonyl (C=O) groups is 2. The van der Waals surface area contributed by atoms with E-state index >= 15 is 0 Å². The molecule has 6 N–H and O–H groups in total. The molecular weight excluding hydrogens is 907 g/mol. The number of aliphatic hydroxyl groups excluding tert-OH is 5. The van der Waals surface area contributed by atoms with Crippen molar-refractivity contribution in [1.82, 2.24) is 5.32 Å². The number of allylic oxidation sites excluding steroid dienone is 13. The molecule has 0 aromatic carbocycles. The van der Waals surface area contributed by atoms with Crippen LogP contribution in [0.25, 0.3) is 0 Å². The summed E-state index contributed by atoms with van der Waals surface area (Å²) in [7, 11) is 0. The van der Waals surface area contributed by atoms with Gasteiger partial charge in [0, 0.05) is 6.42 Å². The molecule has 8 atom stereocenters. The first-order valence-corrected chi connectivity index (χ1v) is 28.9. The predicted octanol–water partition coefficient (Wildman–Crippen LogP) is 13.0. The SMILES string of the molecule is CC/C=C\C/C=C\C/C=C\C/C=C\C/C=C\C/C=C\CCC(=O)OC1C(OCC(NC(=O)C(O)CCCCCCCCCCCCCCC)C(O)/C=C/CCCCCCCCCCC)OC(CO)C(O)C1O. The second kappa shape index (κ2) is 48.8. The molecule has 1 saturated heterocycles. The number of aliphatic hydroxyl groups is 5. The van der Waals surface area contributed by atoms with Crippen molar-refractivity contribution in [2.45, 2.75) is 275 Å². The van der Waals surface area contributed by atoms with Crippen LogP contribution in [-0.4, -0.2) is 99.6 Å². The van der Waals surface area contributed by atoms with Crippen LogP contribution in [0.2, 0.25) is 0 Å². The van der Waals surface area contributed by atoms with Crippen molar-refractivity contribution in [3.8, 4) is 0 Å². The summed E-state index contributed by atoms with van der Waals surface area (Å²) in [5.74, 6) is -1.29. The molecule has 0 aliphatic carbocycles. The second-order valence-electron chi connectivity index (χ2n) is 19.6. The lowest BCUT2D eigenvalue weighted by atomic mass is 9.99. The highest BCUT2D eigenvalue weighted by Crippen LogP contribution is 2.26. The third kappa shape index (κ3) is 36.7. The fraction of sp³-hybridized carbons (Fsp3) is 0.738. The van der Waals surface area contributed by atoms with Crippen LogP contribution < -0.4 is 5.32 Å². The quantitative estimate of drug-likeness (QED) is 0.0196. The van der Waals surface area contributed by atoms with Crippen molar-refractivity contribution >= 4 is 11.9 Å². The summed E-state index contributed by atoms with van der Waals surface area (Å²) in [5, 5.41) is 56.7. The van der Waals surface area contributed by atoms with Crippen LogP contribution >= 0.6 is 0 Å². The highest BCUT2D eigenvalue weighted by Gasteiger charge is 2.47. The first kappa shape index (κ1) is 66.9. The van der Waals surface area contributed by atoms with E-state index in [1.165, 1.54) is 96.3 Å². The lowest BCUT2D eigenvalue weighted by Crippen LogP contribution is -2.61. The summed E-state index contributed by atoms with van der Waals surface area (Å²) in [5.41, 5.74) is 0. The van der Waals surface area contributed by atoms with E-state index in [1.807, 2.05) is 18.2 Å². The number of nitrogens with one attached hydrogen (secondary N) is 1. The van der Waals surface area contributed by atoms with Gasteiger partial charge in [0.05, 0.1) is 25.4 Å². The van der Waals surface area contributed by atoms with Gasteiger partial charge < -0.3 is 45.1 Å². The van der Waals surface area contributed by atoms with Gasteiger partial charge in [0.15, 0.2) is 12.4 Å². The maximum absolute atomic E-state index is 13.4. The maximum Gasteiger partial charge on any atom is 0.306 e. The monoisotopic (exact) mass is 1010 g/mol. The van der Waals surface area contributed by atoms with Crippen molar-refractivity contribution < 1.29 is 49.3 Å². The van der Waals surface area contributed by atoms with E-state index in [-0.39, 0.29) is 19.4 Å². The Morgan fingerprint density at radius 1 is 0.556 bits per heavy atom. The standard InChI is InChI=1S/C61H105NO10/c1-4-7-10-13-16-19-22-24-25-26-27-28-29-31-34-37-40-43-46-49-56(66)72-59-58(68)57(67)55(50-63)71-61(59)70-51-52(53(64)47-44-41-38-35-32-21-18-15-12-9-6-3)62-60(69)54(65)48-45-42-39-36-33-30-23-20-17-14-11-8-5-2/h7,10,16,19,24-25,27-28,31,34,40,43-44,47,52-55,57-59,61,63-65,67-68H,4-6,8-9,11-15,17-18,20-23,26,29-30,32-33,35-39,41-42,45-46,48-51H2,1-3H3,(H,62,69)/b10-7-,19-16-,25-24-,28-27-,34-31-,43-40-,47-44+. The van der Waals surface area contributed by atoms with E-state index in [4.69, 9.17) is 14.2 Å². The maximum atomic E-state index is 13.4. The zero-order valence-corrected chi connectivity index (χ0v) is 45.5. The van der Waals surface area contributed by atoms with Crippen LogP contribution in [0.3, 0.4) is 0 Å². The van der Waals surface area contributed by atoms with Gasteiger partial charge in [-0.2, -0.15) is 0 Å². The van der Waals surface area contributed by atoms with Gasteiger partial charge in [0.2, 0.25) is 5.91 Å². The van der Waals surface area contributed by atoms with Crippen molar-refractivity contribution in [2.24, 2.45) is 0 Å². The van der Waals surface area contributed by atoms with Crippen LogP contribution in [0, 0.1) is 0 Å². The Morgan fingerprint density at radius 2 is 1.00 bits per heavy atom. The predicted molar refractivity (Wildman–Crippen MR) is 296 cm³/mol. The zero-order chi connectivity index (χ0) is 52.5. The molecule has 1 heterocycles. The van der Waals surface area contributed by atoms with Crippen molar-refractivity contribution in [3.05, 3.63) is 85.1 Å². The van der Waals surface area contributed by atoms with Gasteiger partial charge in [0.25, 0.3) is 0 Å². The molecular formula is C61H105NO10. The molecule has 0 spiro atoms. The Labute approximate surface area is 438 Å². The molecule has 414 valence electrons. The normalized spacial score (nSPS) is 20.1. The van der Waals surface area contributed by atoms with Crippen LogP contribution in [0.4, 0.5) is 0 Å². The molecule has 0 aromatic rings. The number of unbranched alkanes of at least 4 members (excludes halogenated alkanes) is 21. The topological polar surface area (TPSA) is 175 Å². The molecule has 1 aliphatic heterocycles. The Bertz CT molecular complexity index is 1490. The number of ether oxygens (including phenoxy) is 3. The fourth-order valence-electron chi connectivity index (χ4n) is 8.50. The molecule has 0 radical (unpaired) electrons. The lowest BCUT2D eigenvalue weighted by molar-refractivity contribution is -0.305. The minimum atomic E-state index is -1.65. The van der Waals surface area contributed by atoms with E-state index in [0.717, 1.165) is 77.0 Å². The fourth-order valence-corrected chi connectivity index (χ4v) is 8.50. The summed E-state index contributed by atoms with van der Waals surface area (Å²) >= 11 is 0.